The molecule has 2 amide bonds. The minimum Gasteiger partial charge on any atom is -0.472 e. The Morgan fingerprint density at radius 3 is 2.57 bits per heavy atom. The van der Waals surface area contributed by atoms with Crippen molar-refractivity contribution < 1.29 is 23.8 Å². The second-order valence-electron chi connectivity index (χ2n) is 9.64. The Morgan fingerprint density at radius 2 is 1.89 bits per heavy atom. The van der Waals surface area contributed by atoms with Gasteiger partial charge >= 0.3 is 0 Å². The standard InChI is InChI=1S/C29H32FN3O4/c1-19-16-33(20(2)18-34)29(36)25-14-23(22-9-11-24(30)12-10-22)15-31-28(25)37-26(19)17-32(3)27(35)13-21-7-5-4-6-8-21/h4-12,14-15,19-20,26,34H,13,16-18H2,1-3H3/t19-,20-,26+/m1/s1. The Kier molecular flexibility index (Phi) is 8.18. The highest BCUT2D eigenvalue weighted by molar-refractivity contribution is 5.98. The lowest BCUT2D eigenvalue weighted by Crippen LogP contribution is -2.50. The van der Waals surface area contributed by atoms with E-state index in [4.69, 9.17) is 4.74 Å². The fourth-order valence-corrected chi connectivity index (χ4v) is 4.40. The molecule has 1 aliphatic heterocycles. The average molecular weight is 506 g/mol. The largest absolute Gasteiger partial charge is 0.472 e. The van der Waals surface area contributed by atoms with E-state index < -0.39 is 12.1 Å². The number of aliphatic hydroxyl groups excluding tert-OH is 1. The van der Waals surface area contributed by atoms with E-state index in [0.29, 0.717) is 24.2 Å². The lowest BCUT2D eigenvalue weighted by atomic mass is 9.99. The normalized spacial score (nSPS) is 18.3. The third-order valence-corrected chi connectivity index (χ3v) is 6.78. The summed E-state index contributed by atoms with van der Waals surface area (Å²) in [6.07, 6.45) is 1.43. The number of carbonyl (C=O) groups is 2. The van der Waals surface area contributed by atoms with Gasteiger partial charge in [-0.1, -0.05) is 49.4 Å². The maximum absolute atomic E-state index is 13.6. The lowest BCUT2D eigenvalue weighted by molar-refractivity contribution is -0.130. The predicted octanol–water partition coefficient (Wildman–Crippen LogP) is 3.81. The predicted molar refractivity (Wildman–Crippen MR) is 139 cm³/mol. The summed E-state index contributed by atoms with van der Waals surface area (Å²) in [5.74, 6) is -0.663. The number of fused-ring (bicyclic) bond motifs is 1. The maximum Gasteiger partial charge on any atom is 0.259 e. The van der Waals surface area contributed by atoms with Gasteiger partial charge in [-0.05, 0) is 36.2 Å². The van der Waals surface area contributed by atoms with Crippen molar-refractivity contribution in [2.24, 2.45) is 5.92 Å². The first kappa shape index (κ1) is 26.3. The van der Waals surface area contributed by atoms with Crippen molar-refractivity contribution >= 4 is 11.8 Å². The molecule has 0 saturated heterocycles. The van der Waals surface area contributed by atoms with Crippen LogP contribution in [0.25, 0.3) is 11.1 Å². The van der Waals surface area contributed by atoms with Crippen molar-refractivity contribution in [2.45, 2.75) is 32.4 Å². The zero-order valence-electron chi connectivity index (χ0n) is 21.3. The fraction of sp³-hybridized carbons (Fsp3) is 0.345. The number of aromatic nitrogens is 1. The summed E-state index contributed by atoms with van der Waals surface area (Å²) >= 11 is 0. The molecule has 0 aliphatic carbocycles. The molecule has 194 valence electrons. The van der Waals surface area contributed by atoms with Crippen molar-refractivity contribution in [3.63, 3.8) is 0 Å². The number of amides is 2. The van der Waals surface area contributed by atoms with Crippen LogP contribution in [0.1, 0.15) is 29.8 Å². The molecule has 4 rings (SSSR count). The van der Waals surface area contributed by atoms with Crippen LogP contribution in [-0.4, -0.2) is 70.6 Å². The second-order valence-corrected chi connectivity index (χ2v) is 9.64. The number of nitrogens with zero attached hydrogens (tertiary/aromatic N) is 3. The minimum absolute atomic E-state index is 0.0411. The van der Waals surface area contributed by atoms with Gasteiger partial charge in [-0.25, -0.2) is 9.37 Å². The van der Waals surface area contributed by atoms with Gasteiger partial charge in [0.15, 0.2) is 0 Å². The van der Waals surface area contributed by atoms with E-state index in [9.17, 15) is 19.1 Å². The summed E-state index contributed by atoms with van der Waals surface area (Å²) in [5.41, 5.74) is 2.55. The fourth-order valence-electron chi connectivity index (χ4n) is 4.40. The molecule has 0 fully saturated rings. The number of hydrogen-bond donors (Lipinski definition) is 1. The Labute approximate surface area is 216 Å². The molecule has 0 unspecified atom stereocenters. The van der Waals surface area contributed by atoms with E-state index in [1.54, 1.807) is 48.2 Å². The highest BCUT2D eigenvalue weighted by Crippen LogP contribution is 2.30. The van der Waals surface area contributed by atoms with E-state index >= 15 is 0 Å². The number of hydrogen-bond acceptors (Lipinski definition) is 5. The average Bonchev–Trinajstić information content (AvgIpc) is 2.91. The van der Waals surface area contributed by atoms with Crippen molar-refractivity contribution in [1.82, 2.24) is 14.8 Å². The van der Waals surface area contributed by atoms with Crippen molar-refractivity contribution in [1.29, 1.82) is 0 Å². The van der Waals surface area contributed by atoms with Gasteiger partial charge in [0, 0.05) is 31.3 Å². The number of likely N-dealkylation sites (N-methyl/N-ethyl adjacent to an activating group) is 1. The molecule has 0 saturated carbocycles. The first-order chi connectivity index (χ1) is 17.8. The second kappa shape index (κ2) is 11.5. The highest BCUT2D eigenvalue weighted by atomic mass is 19.1. The van der Waals surface area contributed by atoms with E-state index in [-0.39, 0.29) is 48.0 Å². The molecule has 2 heterocycles. The number of ether oxygens (including phenoxy) is 1. The number of halogens is 1. The lowest BCUT2D eigenvalue weighted by Gasteiger charge is -2.37. The van der Waals surface area contributed by atoms with Crippen LogP contribution in [0.5, 0.6) is 5.88 Å². The quantitative estimate of drug-likeness (QED) is 0.528. The number of carbonyl (C=O) groups excluding carboxylic acids is 2. The van der Waals surface area contributed by atoms with Crippen molar-refractivity contribution in [2.75, 3.05) is 26.7 Å². The van der Waals surface area contributed by atoms with Crippen LogP contribution in [0.4, 0.5) is 4.39 Å². The molecule has 1 aliphatic rings. The Balaban J connectivity index is 1.63. The minimum atomic E-state index is -0.436. The van der Waals surface area contributed by atoms with Crippen molar-refractivity contribution in [3.05, 3.63) is 83.8 Å². The third kappa shape index (κ3) is 6.14. The summed E-state index contributed by atoms with van der Waals surface area (Å²) in [6.45, 7) is 4.20. The van der Waals surface area contributed by atoms with Crippen LogP contribution in [0, 0.1) is 11.7 Å². The first-order valence-corrected chi connectivity index (χ1v) is 12.4. The SMILES string of the molecule is C[C@@H]1CN([C@H](C)CO)C(=O)c2cc(-c3ccc(F)cc3)cnc2O[C@H]1CN(C)C(=O)Cc1ccccc1. The van der Waals surface area contributed by atoms with Gasteiger partial charge in [0.1, 0.15) is 17.5 Å². The van der Waals surface area contributed by atoms with Gasteiger partial charge in [-0.3, -0.25) is 9.59 Å². The van der Waals surface area contributed by atoms with Crippen LogP contribution in [0.3, 0.4) is 0 Å². The van der Waals surface area contributed by atoms with Gasteiger partial charge in [0.25, 0.3) is 5.91 Å². The molecule has 0 bridgehead atoms. The number of pyridine rings is 1. The highest BCUT2D eigenvalue weighted by Gasteiger charge is 2.34. The van der Waals surface area contributed by atoms with Crippen LogP contribution in [-0.2, 0) is 11.2 Å². The van der Waals surface area contributed by atoms with Gasteiger partial charge in [0.2, 0.25) is 11.8 Å². The van der Waals surface area contributed by atoms with Crippen LogP contribution >= 0.6 is 0 Å². The van der Waals surface area contributed by atoms with Gasteiger partial charge in [0.05, 0.1) is 25.6 Å². The molecule has 3 atom stereocenters. The smallest absolute Gasteiger partial charge is 0.259 e. The summed E-state index contributed by atoms with van der Waals surface area (Å²) < 4.78 is 19.7. The summed E-state index contributed by atoms with van der Waals surface area (Å²) in [5, 5.41) is 9.85. The first-order valence-electron chi connectivity index (χ1n) is 12.4. The van der Waals surface area contributed by atoms with Gasteiger partial charge in [-0.15, -0.1) is 0 Å². The zero-order valence-corrected chi connectivity index (χ0v) is 21.3. The molecular weight excluding hydrogens is 473 g/mol. The topological polar surface area (TPSA) is 83.0 Å². The molecule has 3 aromatic rings. The third-order valence-electron chi connectivity index (χ3n) is 6.78. The van der Waals surface area contributed by atoms with E-state index in [1.165, 1.54) is 12.1 Å². The van der Waals surface area contributed by atoms with Gasteiger partial charge < -0.3 is 19.6 Å². The Bertz CT molecular complexity index is 1240. The molecule has 8 heteroatoms. The summed E-state index contributed by atoms with van der Waals surface area (Å²) in [6, 6.07) is 16.8. The van der Waals surface area contributed by atoms with E-state index in [1.807, 2.05) is 37.3 Å². The molecule has 7 nitrogen and oxygen atoms in total. The zero-order chi connectivity index (χ0) is 26.5. The molecule has 1 aromatic heterocycles. The molecule has 0 spiro atoms. The number of aliphatic hydroxyl groups is 1. The van der Waals surface area contributed by atoms with Gasteiger partial charge in [-0.2, -0.15) is 0 Å². The van der Waals surface area contributed by atoms with E-state index in [2.05, 4.69) is 4.98 Å². The molecular formula is C29H32FN3O4. The monoisotopic (exact) mass is 505 g/mol. The molecule has 37 heavy (non-hydrogen) atoms. The number of benzene rings is 2. The van der Waals surface area contributed by atoms with Crippen LogP contribution in [0.15, 0.2) is 66.9 Å². The van der Waals surface area contributed by atoms with E-state index in [0.717, 1.165) is 5.56 Å². The Morgan fingerprint density at radius 1 is 1.19 bits per heavy atom. The van der Waals surface area contributed by atoms with Crippen LogP contribution < -0.4 is 4.74 Å². The molecule has 0 radical (unpaired) electrons. The van der Waals surface area contributed by atoms with Crippen LogP contribution in [0.2, 0.25) is 0 Å². The summed E-state index contributed by atoms with van der Waals surface area (Å²) in [7, 11) is 1.74. The molecule has 2 aromatic carbocycles. The molecule has 1 N–H and O–H groups in total. The Hall–Kier alpha value is -3.78. The summed E-state index contributed by atoms with van der Waals surface area (Å²) in [4.78, 5) is 34.2. The maximum atomic E-state index is 13.6. The van der Waals surface area contributed by atoms with Crippen molar-refractivity contribution in [3.8, 4) is 17.0 Å². The number of rotatable bonds is 7.